The van der Waals surface area contributed by atoms with Gasteiger partial charge in [-0.05, 0) is 43.9 Å². The smallest absolute Gasteiger partial charge is 0.303 e. The third kappa shape index (κ3) is 3.39. The van der Waals surface area contributed by atoms with Crippen LogP contribution in [0, 0.1) is 6.92 Å². The number of aryl methyl sites for hydroxylation is 2. The van der Waals surface area contributed by atoms with Crippen molar-refractivity contribution in [3.63, 3.8) is 0 Å². The molecule has 1 aliphatic carbocycles. The van der Waals surface area contributed by atoms with Gasteiger partial charge in [-0.1, -0.05) is 12.1 Å². The van der Waals surface area contributed by atoms with Crippen molar-refractivity contribution in [2.75, 3.05) is 5.32 Å². The van der Waals surface area contributed by atoms with Gasteiger partial charge in [-0.3, -0.25) is 9.20 Å². The second-order valence-electron chi connectivity index (χ2n) is 6.64. The minimum atomic E-state index is -0.763. The predicted octanol–water partition coefficient (Wildman–Crippen LogP) is 4.21. The maximum Gasteiger partial charge on any atom is 0.303 e. The van der Waals surface area contributed by atoms with Crippen molar-refractivity contribution < 1.29 is 9.90 Å². The van der Waals surface area contributed by atoms with Crippen LogP contribution in [-0.2, 0) is 17.8 Å². The lowest BCUT2D eigenvalue weighted by Gasteiger charge is -2.10. The number of rotatable bonds is 7. The highest BCUT2D eigenvalue weighted by Crippen LogP contribution is 2.42. The summed E-state index contributed by atoms with van der Waals surface area (Å²) in [6, 6.07) is 8.00. The molecule has 0 amide bonds. The van der Waals surface area contributed by atoms with E-state index in [0.29, 0.717) is 18.9 Å². The first kappa shape index (κ1) is 16.1. The van der Waals surface area contributed by atoms with Crippen LogP contribution in [0.5, 0.6) is 0 Å². The molecule has 0 radical (unpaired) electrons. The summed E-state index contributed by atoms with van der Waals surface area (Å²) in [6.07, 6.45) is 3.27. The molecule has 0 bridgehead atoms. The molecule has 2 N–H and O–H groups in total. The molecular formula is C19H21N3O2S. The molecule has 0 spiro atoms. The predicted molar refractivity (Wildman–Crippen MR) is 99.5 cm³/mol. The zero-order valence-corrected chi connectivity index (χ0v) is 15.0. The van der Waals surface area contributed by atoms with E-state index in [9.17, 15) is 4.79 Å². The van der Waals surface area contributed by atoms with E-state index in [2.05, 4.69) is 22.0 Å². The Kier molecular flexibility index (Phi) is 4.21. The Morgan fingerprint density at radius 1 is 1.44 bits per heavy atom. The molecule has 0 atom stereocenters. The van der Waals surface area contributed by atoms with Crippen LogP contribution in [0.4, 0.5) is 5.69 Å². The first-order valence-electron chi connectivity index (χ1n) is 8.62. The summed E-state index contributed by atoms with van der Waals surface area (Å²) in [4.78, 5) is 16.5. The third-order valence-corrected chi connectivity index (χ3v) is 5.54. The molecule has 1 aliphatic rings. The van der Waals surface area contributed by atoms with Gasteiger partial charge in [0.1, 0.15) is 0 Å². The Morgan fingerprint density at radius 3 is 3.04 bits per heavy atom. The van der Waals surface area contributed by atoms with Crippen molar-refractivity contribution in [2.24, 2.45) is 0 Å². The Balaban J connectivity index is 1.52. The summed E-state index contributed by atoms with van der Waals surface area (Å²) in [7, 11) is 0. The summed E-state index contributed by atoms with van der Waals surface area (Å²) >= 11 is 1.72. The molecule has 0 saturated heterocycles. The SMILES string of the molecule is Cc1nc2scc(C3CC3)n2c1CNc1cccc(CCC(=O)O)c1. The fourth-order valence-corrected chi connectivity index (χ4v) is 4.22. The van der Waals surface area contributed by atoms with Gasteiger partial charge >= 0.3 is 5.97 Å². The van der Waals surface area contributed by atoms with Gasteiger partial charge in [-0.2, -0.15) is 0 Å². The van der Waals surface area contributed by atoms with E-state index in [1.54, 1.807) is 11.3 Å². The van der Waals surface area contributed by atoms with E-state index >= 15 is 0 Å². The van der Waals surface area contributed by atoms with Crippen molar-refractivity contribution in [3.8, 4) is 0 Å². The zero-order chi connectivity index (χ0) is 17.4. The van der Waals surface area contributed by atoms with Gasteiger partial charge in [-0.25, -0.2) is 4.98 Å². The molecule has 0 aliphatic heterocycles. The van der Waals surface area contributed by atoms with Gasteiger partial charge in [0, 0.05) is 29.1 Å². The normalized spacial score (nSPS) is 14.1. The standard InChI is InChI=1S/C19H21N3O2S/c1-12-16(22-17(14-6-7-14)11-25-19(22)21-12)10-20-15-4-2-3-13(9-15)5-8-18(23)24/h2-4,9,11,14,20H,5-8,10H2,1H3,(H,23,24). The monoisotopic (exact) mass is 355 g/mol. The Morgan fingerprint density at radius 2 is 2.28 bits per heavy atom. The molecule has 130 valence electrons. The summed E-state index contributed by atoms with van der Waals surface area (Å²) in [5.74, 6) is -0.0684. The Labute approximate surface area is 150 Å². The van der Waals surface area contributed by atoms with Crippen LogP contribution in [0.15, 0.2) is 29.6 Å². The maximum atomic E-state index is 10.7. The van der Waals surface area contributed by atoms with Gasteiger partial charge < -0.3 is 10.4 Å². The van der Waals surface area contributed by atoms with Crippen molar-refractivity contribution in [3.05, 3.63) is 52.3 Å². The minimum absolute atomic E-state index is 0.158. The molecule has 1 fully saturated rings. The molecule has 0 unspecified atom stereocenters. The number of carboxylic acids is 1. The molecule has 5 nitrogen and oxygen atoms in total. The molecule has 2 heterocycles. The molecule has 1 aromatic carbocycles. The summed E-state index contributed by atoms with van der Waals surface area (Å²) < 4.78 is 2.32. The topological polar surface area (TPSA) is 66.6 Å². The molecule has 2 aromatic heterocycles. The van der Waals surface area contributed by atoms with Crippen molar-refractivity contribution in [1.29, 1.82) is 0 Å². The summed E-state index contributed by atoms with van der Waals surface area (Å²) in [6.45, 7) is 2.78. The van der Waals surface area contributed by atoms with E-state index < -0.39 is 5.97 Å². The number of aromatic nitrogens is 2. The highest BCUT2D eigenvalue weighted by Gasteiger charge is 2.28. The maximum absolute atomic E-state index is 10.7. The number of benzene rings is 1. The summed E-state index contributed by atoms with van der Waals surface area (Å²) in [5, 5.41) is 14.6. The molecule has 25 heavy (non-hydrogen) atoms. The molecule has 1 saturated carbocycles. The zero-order valence-electron chi connectivity index (χ0n) is 14.2. The number of hydrogen-bond acceptors (Lipinski definition) is 4. The molecular weight excluding hydrogens is 334 g/mol. The number of carboxylic acid groups (broad SMARTS) is 1. The number of hydrogen-bond donors (Lipinski definition) is 2. The summed E-state index contributed by atoms with van der Waals surface area (Å²) in [5.41, 5.74) is 5.74. The number of anilines is 1. The van der Waals surface area contributed by atoms with Gasteiger partial charge in [0.2, 0.25) is 0 Å². The Hall–Kier alpha value is -2.34. The highest BCUT2D eigenvalue weighted by molar-refractivity contribution is 7.15. The largest absolute Gasteiger partial charge is 0.481 e. The van der Waals surface area contributed by atoms with E-state index in [4.69, 9.17) is 10.1 Å². The molecule has 6 heteroatoms. The molecule has 3 aromatic rings. The van der Waals surface area contributed by atoms with Gasteiger partial charge in [-0.15, -0.1) is 11.3 Å². The first-order chi connectivity index (χ1) is 12.1. The lowest BCUT2D eigenvalue weighted by Crippen LogP contribution is -2.06. The van der Waals surface area contributed by atoms with E-state index in [1.165, 1.54) is 24.2 Å². The van der Waals surface area contributed by atoms with E-state index in [0.717, 1.165) is 21.9 Å². The van der Waals surface area contributed by atoms with Crippen LogP contribution in [-0.4, -0.2) is 20.5 Å². The van der Waals surface area contributed by atoms with Crippen molar-refractivity contribution in [1.82, 2.24) is 9.38 Å². The van der Waals surface area contributed by atoms with Crippen LogP contribution in [0.3, 0.4) is 0 Å². The van der Waals surface area contributed by atoms with Crippen LogP contribution >= 0.6 is 11.3 Å². The van der Waals surface area contributed by atoms with Crippen LogP contribution in [0.25, 0.3) is 4.96 Å². The number of nitrogens with one attached hydrogen (secondary N) is 1. The first-order valence-corrected chi connectivity index (χ1v) is 9.49. The van der Waals surface area contributed by atoms with Gasteiger partial charge in [0.05, 0.1) is 17.9 Å². The fraction of sp³-hybridized carbons (Fsp3) is 0.368. The van der Waals surface area contributed by atoms with Crippen LogP contribution in [0.2, 0.25) is 0 Å². The number of fused-ring (bicyclic) bond motifs is 1. The van der Waals surface area contributed by atoms with Gasteiger partial charge in [0.25, 0.3) is 0 Å². The van der Waals surface area contributed by atoms with Crippen molar-refractivity contribution >= 4 is 28.0 Å². The lowest BCUT2D eigenvalue weighted by molar-refractivity contribution is -0.136. The average Bonchev–Trinajstić information content (AvgIpc) is 3.28. The number of imidazole rings is 1. The third-order valence-electron chi connectivity index (χ3n) is 4.70. The van der Waals surface area contributed by atoms with Crippen molar-refractivity contribution in [2.45, 2.75) is 45.1 Å². The average molecular weight is 355 g/mol. The number of nitrogens with zero attached hydrogens (tertiary/aromatic N) is 2. The van der Waals surface area contributed by atoms with Crippen LogP contribution < -0.4 is 5.32 Å². The van der Waals surface area contributed by atoms with Crippen LogP contribution in [0.1, 0.15) is 47.8 Å². The minimum Gasteiger partial charge on any atom is -0.481 e. The number of aliphatic carboxylic acids is 1. The second kappa shape index (κ2) is 6.52. The number of carbonyl (C=O) groups is 1. The quantitative estimate of drug-likeness (QED) is 0.666. The highest BCUT2D eigenvalue weighted by atomic mass is 32.1. The molecule has 4 rings (SSSR count). The number of thiazole rings is 1. The Bertz CT molecular complexity index is 924. The lowest BCUT2D eigenvalue weighted by atomic mass is 10.1. The second-order valence-corrected chi connectivity index (χ2v) is 7.48. The van der Waals surface area contributed by atoms with Gasteiger partial charge in [0.15, 0.2) is 4.96 Å². The van der Waals surface area contributed by atoms with E-state index in [1.807, 2.05) is 24.3 Å². The fourth-order valence-electron chi connectivity index (χ4n) is 3.19. The van der Waals surface area contributed by atoms with E-state index in [-0.39, 0.29) is 6.42 Å².